The highest BCUT2D eigenvalue weighted by atomic mass is 16.5. The van der Waals surface area contributed by atoms with Gasteiger partial charge in [-0.1, -0.05) is 23.8 Å². The second-order valence-electron chi connectivity index (χ2n) is 6.12. The first-order valence-corrected chi connectivity index (χ1v) is 8.18. The van der Waals surface area contributed by atoms with E-state index in [0.29, 0.717) is 32.6 Å². The third-order valence-electron chi connectivity index (χ3n) is 4.39. The molecule has 5 heteroatoms. The van der Waals surface area contributed by atoms with E-state index in [9.17, 15) is 9.59 Å². The minimum absolute atomic E-state index is 0.164. The van der Waals surface area contributed by atoms with E-state index in [-0.39, 0.29) is 12.0 Å². The molecule has 5 nitrogen and oxygen atoms in total. The van der Waals surface area contributed by atoms with Crippen molar-refractivity contribution in [3.8, 4) is 0 Å². The van der Waals surface area contributed by atoms with Crippen LogP contribution in [0.2, 0.25) is 0 Å². The molecular weight excluding hydrogens is 292 g/mol. The van der Waals surface area contributed by atoms with Gasteiger partial charge in [0.1, 0.15) is 0 Å². The number of hydrogen-bond donors (Lipinski definition) is 0. The van der Waals surface area contributed by atoms with Crippen molar-refractivity contribution in [2.24, 2.45) is 0 Å². The molecular formula is C18H26N2O3. The highest BCUT2D eigenvalue weighted by Crippen LogP contribution is 2.14. The zero-order valence-electron chi connectivity index (χ0n) is 14.3. The average Bonchev–Trinajstić information content (AvgIpc) is 2.79. The molecule has 0 radical (unpaired) electrons. The Hall–Kier alpha value is -2.04. The summed E-state index contributed by atoms with van der Waals surface area (Å²) >= 11 is 0. The summed E-state index contributed by atoms with van der Waals surface area (Å²) in [6.45, 7) is 6.65. The van der Waals surface area contributed by atoms with Gasteiger partial charge < -0.3 is 14.5 Å². The Morgan fingerprint density at radius 3 is 2.48 bits per heavy atom. The molecule has 1 heterocycles. The number of benzene rings is 1. The maximum absolute atomic E-state index is 12.4. The molecule has 0 aliphatic carbocycles. The molecule has 0 spiro atoms. The average molecular weight is 318 g/mol. The van der Waals surface area contributed by atoms with E-state index in [1.807, 2.05) is 4.90 Å². The predicted molar refractivity (Wildman–Crippen MR) is 89.4 cm³/mol. The molecule has 2 rings (SSSR count). The third-order valence-corrected chi connectivity index (χ3v) is 4.39. The molecule has 1 aromatic carbocycles. The lowest BCUT2D eigenvalue weighted by Crippen LogP contribution is -2.37. The summed E-state index contributed by atoms with van der Waals surface area (Å²) in [4.78, 5) is 27.5. The largest absolute Gasteiger partial charge is 0.453 e. The van der Waals surface area contributed by atoms with E-state index in [1.54, 1.807) is 4.90 Å². The number of amides is 2. The van der Waals surface area contributed by atoms with E-state index < -0.39 is 0 Å². The zero-order valence-corrected chi connectivity index (χ0v) is 14.3. The smallest absolute Gasteiger partial charge is 0.409 e. The first kappa shape index (κ1) is 17.3. The minimum Gasteiger partial charge on any atom is -0.453 e. The predicted octanol–water partition coefficient (Wildman–Crippen LogP) is 2.54. The molecule has 1 aliphatic heterocycles. The van der Waals surface area contributed by atoms with Gasteiger partial charge in [-0.15, -0.1) is 0 Å². The normalized spacial score (nSPS) is 15.3. The van der Waals surface area contributed by atoms with E-state index in [4.69, 9.17) is 4.74 Å². The number of rotatable bonds is 3. The quantitative estimate of drug-likeness (QED) is 0.860. The van der Waals surface area contributed by atoms with Gasteiger partial charge in [-0.25, -0.2) is 4.79 Å². The van der Waals surface area contributed by atoms with Crippen LogP contribution in [-0.4, -0.2) is 55.1 Å². The molecule has 0 saturated carbocycles. The Morgan fingerprint density at radius 2 is 1.78 bits per heavy atom. The van der Waals surface area contributed by atoms with Gasteiger partial charge in [0, 0.05) is 32.6 Å². The molecule has 1 fully saturated rings. The summed E-state index contributed by atoms with van der Waals surface area (Å²) in [6.07, 6.45) is 1.77. The number of hydrogen-bond acceptors (Lipinski definition) is 3. The summed E-state index contributed by atoms with van der Waals surface area (Å²) in [6, 6.07) is 6.35. The first-order chi connectivity index (χ1) is 11.0. The van der Waals surface area contributed by atoms with Gasteiger partial charge in [-0.05, 0) is 37.8 Å². The Balaban J connectivity index is 1.87. The Bertz CT molecular complexity index is 571. The van der Waals surface area contributed by atoms with E-state index in [1.165, 1.54) is 23.8 Å². The molecule has 0 N–H and O–H groups in total. The van der Waals surface area contributed by atoms with Crippen LogP contribution in [0.25, 0.3) is 0 Å². The Labute approximate surface area is 138 Å². The van der Waals surface area contributed by atoms with Crippen molar-refractivity contribution in [1.82, 2.24) is 9.80 Å². The molecule has 1 aliphatic rings. The van der Waals surface area contributed by atoms with Gasteiger partial charge in [0.25, 0.3) is 0 Å². The SMILES string of the molecule is COC(=O)N1CCCN(C(=O)CCc2ccc(C)cc2C)CC1. The van der Waals surface area contributed by atoms with E-state index in [2.05, 4.69) is 32.0 Å². The highest BCUT2D eigenvalue weighted by Gasteiger charge is 2.22. The molecule has 0 atom stereocenters. The lowest BCUT2D eigenvalue weighted by atomic mass is 10.0. The minimum atomic E-state index is -0.311. The lowest BCUT2D eigenvalue weighted by molar-refractivity contribution is -0.131. The Morgan fingerprint density at radius 1 is 1.09 bits per heavy atom. The maximum atomic E-state index is 12.4. The van der Waals surface area contributed by atoms with Gasteiger partial charge in [-0.3, -0.25) is 4.79 Å². The summed E-state index contributed by atoms with van der Waals surface area (Å²) in [5.74, 6) is 0.164. The molecule has 23 heavy (non-hydrogen) atoms. The van der Waals surface area contributed by atoms with Crippen LogP contribution in [0, 0.1) is 13.8 Å². The monoisotopic (exact) mass is 318 g/mol. The van der Waals surface area contributed by atoms with Crippen molar-refractivity contribution in [3.63, 3.8) is 0 Å². The number of ether oxygens (including phenoxy) is 1. The van der Waals surface area contributed by atoms with Gasteiger partial charge in [-0.2, -0.15) is 0 Å². The van der Waals surface area contributed by atoms with Crippen molar-refractivity contribution in [2.75, 3.05) is 33.3 Å². The first-order valence-electron chi connectivity index (χ1n) is 8.18. The van der Waals surface area contributed by atoms with Gasteiger partial charge in [0.15, 0.2) is 0 Å². The summed E-state index contributed by atoms with van der Waals surface area (Å²) in [5, 5.41) is 0. The molecule has 0 aromatic heterocycles. The van der Waals surface area contributed by atoms with Crippen LogP contribution in [0.1, 0.15) is 29.5 Å². The molecule has 0 bridgehead atoms. The molecule has 1 saturated heterocycles. The van der Waals surface area contributed by atoms with Gasteiger partial charge in [0.05, 0.1) is 7.11 Å². The summed E-state index contributed by atoms with van der Waals surface area (Å²) in [7, 11) is 1.39. The van der Waals surface area contributed by atoms with Crippen molar-refractivity contribution in [2.45, 2.75) is 33.1 Å². The lowest BCUT2D eigenvalue weighted by Gasteiger charge is -2.21. The molecule has 1 aromatic rings. The van der Waals surface area contributed by atoms with Crippen molar-refractivity contribution < 1.29 is 14.3 Å². The van der Waals surface area contributed by atoms with Crippen LogP contribution in [0.4, 0.5) is 4.79 Å². The number of carbonyl (C=O) groups excluding carboxylic acids is 2. The van der Waals surface area contributed by atoms with Crippen molar-refractivity contribution in [3.05, 3.63) is 34.9 Å². The van der Waals surface area contributed by atoms with Crippen LogP contribution in [0.3, 0.4) is 0 Å². The standard InChI is InChI=1S/C18H26N2O3/c1-14-5-6-16(15(2)13-14)7-8-17(21)19-9-4-10-20(12-11-19)18(22)23-3/h5-6,13H,4,7-12H2,1-3H3. The van der Waals surface area contributed by atoms with Crippen molar-refractivity contribution in [1.29, 1.82) is 0 Å². The van der Waals surface area contributed by atoms with Crippen LogP contribution in [-0.2, 0) is 16.0 Å². The van der Waals surface area contributed by atoms with Gasteiger partial charge >= 0.3 is 6.09 Å². The maximum Gasteiger partial charge on any atom is 0.409 e. The van der Waals surface area contributed by atoms with Crippen molar-refractivity contribution >= 4 is 12.0 Å². The highest BCUT2D eigenvalue weighted by molar-refractivity contribution is 5.76. The van der Waals surface area contributed by atoms with Crippen LogP contribution in [0.5, 0.6) is 0 Å². The van der Waals surface area contributed by atoms with E-state index in [0.717, 1.165) is 12.8 Å². The number of nitrogens with zero attached hydrogens (tertiary/aromatic N) is 2. The van der Waals surface area contributed by atoms with Crippen LogP contribution >= 0.6 is 0 Å². The van der Waals surface area contributed by atoms with Gasteiger partial charge in [0.2, 0.25) is 5.91 Å². The number of methoxy groups -OCH3 is 1. The number of carbonyl (C=O) groups is 2. The van der Waals surface area contributed by atoms with Crippen LogP contribution < -0.4 is 0 Å². The Kier molecular flexibility index (Phi) is 6.02. The fraction of sp³-hybridized carbons (Fsp3) is 0.556. The van der Waals surface area contributed by atoms with E-state index >= 15 is 0 Å². The third kappa shape index (κ3) is 4.71. The fourth-order valence-corrected chi connectivity index (χ4v) is 3.00. The fourth-order valence-electron chi connectivity index (χ4n) is 3.00. The second kappa shape index (κ2) is 7.99. The van der Waals surface area contributed by atoms with Crippen LogP contribution in [0.15, 0.2) is 18.2 Å². The molecule has 0 unspecified atom stereocenters. The topological polar surface area (TPSA) is 49.9 Å². The number of aryl methyl sites for hydroxylation is 3. The second-order valence-corrected chi connectivity index (χ2v) is 6.12. The molecule has 126 valence electrons. The zero-order chi connectivity index (χ0) is 16.8. The molecule has 2 amide bonds. The summed E-state index contributed by atoms with van der Waals surface area (Å²) < 4.78 is 4.75. The summed E-state index contributed by atoms with van der Waals surface area (Å²) in [5.41, 5.74) is 3.72.